The van der Waals surface area contributed by atoms with E-state index in [0.29, 0.717) is 10.0 Å². The standard InChI is InChI=1S/C22H26N4OS2/c1-14-9-15(2)11-26(10-14)12-18-13-28-22(24-18)25-20(27)19-16(3)23-21(29-19)17-7-5-4-6-8-17/h4-8,13-15H,9-12H2,1-3H3,(H,24,25,27). The van der Waals surface area contributed by atoms with Gasteiger partial charge in [-0.3, -0.25) is 15.0 Å². The number of carbonyl (C=O) groups is 1. The van der Waals surface area contributed by atoms with Crippen molar-refractivity contribution in [3.05, 3.63) is 52.0 Å². The van der Waals surface area contributed by atoms with Crippen molar-refractivity contribution >= 4 is 33.7 Å². The zero-order valence-electron chi connectivity index (χ0n) is 17.0. The maximum absolute atomic E-state index is 12.8. The molecule has 0 aliphatic carbocycles. The minimum absolute atomic E-state index is 0.136. The molecule has 29 heavy (non-hydrogen) atoms. The van der Waals surface area contributed by atoms with Gasteiger partial charge in [0.2, 0.25) is 0 Å². The Hall–Kier alpha value is -2.09. The number of benzene rings is 1. The highest BCUT2D eigenvalue weighted by atomic mass is 32.1. The van der Waals surface area contributed by atoms with Gasteiger partial charge in [-0.2, -0.15) is 0 Å². The Morgan fingerprint density at radius 2 is 1.90 bits per heavy atom. The van der Waals surface area contributed by atoms with Crippen molar-refractivity contribution in [2.24, 2.45) is 11.8 Å². The molecule has 0 radical (unpaired) electrons. The van der Waals surface area contributed by atoms with Crippen molar-refractivity contribution in [3.8, 4) is 10.6 Å². The number of likely N-dealkylation sites (tertiary alicyclic amines) is 1. The molecule has 7 heteroatoms. The summed E-state index contributed by atoms with van der Waals surface area (Å²) in [5, 5.41) is 6.52. The summed E-state index contributed by atoms with van der Waals surface area (Å²) in [6.07, 6.45) is 1.30. The predicted octanol–water partition coefficient (Wildman–Crippen LogP) is 5.31. The summed E-state index contributed by atoms with van der Waals surface area (Å²) in [7, 11) is 0. The highest BCUT2D eigenvalue weighted by Gasteiger charge is 2.23. The fourth-order valence-electron chi connectivity index (χ4n) is 4.05. The number of nitrogens with one attached hydrogen (secondary N) is 1. The second-order valence-corrected chi connectivity index (χ2v) is 9.89. The Bertz CT molecular complexity index is 972. The lowest BCUT2D eigenvalue weighted by atomic mass is 9.92. The molecule has 3 aromatic rings. The fourth-order valence-corrected chi connectivity index (χ4v) is 5.72. The number of piperidine rings is 1. The maximum atomic E-state index is 12.8. The minimum Gasteiger partial charge on any atom is -0.297 e. The SMILES string of the molecule is Cc1nc(-c2ccccc2)sc1C(=O)Nc1nc(CN2CC(C)CC(C)C2)cs1. The molecule has 4 rings (SSSR count). The first kappa shape index (κ1) is 20.2. The summed E-state index contributed by atoms with van der Waals surface area (Å²) in [6, 6.07) is 9.95. The molecule has 152 valence electrons. The van der Waals surface area contributed by atoms with E-state index in [9.17, 15) is 4.79 Å². The molecule has 2 aromatic heterocycles. The number of nitrogens with zero attached hydrogens (tertiary/aromatic N) is 3. The Labute approximate surface area is 179 Å². The number of amides is 1. The average Bonchev–Trinajstić information content (AvgIpc) is 3.28. The number of hydrogen-bond acceptors (Lipinski definition) is 6. The van der Waals surface area contributed by atoms with Crippen LogP contribution < -0.4 is 5.32 Å². The molecule has 2 unspecified atom stereocenters. The third-order valence-electron chi connectivity index (χ3n) is 5.13. The highest BCUT2D eigenvalue weighted by Crippen LogP contribution is 2.29. The second-order valence-electron chi connectivity index (χ2n) is 8.04. The maximum Gasteiger partial charge on any atom is 0.269 e. The summed E-state index contributed by atoms with van der Waals surface area (Å²) in [6.45, 7) is 9.59. The molecular weight excluding hydrogens is 400 g/mol. The summed E-state index contributed by atoms with van der Waals surface area (Å²) in [5.74, 6) is 1.32. The van der Waals surface area contributed by atoms with Gasteiger partial charge in [-0.15, -0.1) is 22.7 Å². The molecule has 1 amide bonds. The van der Waals surface area contributed by atoms with Crippen molar-refractivity contribution in [2.75, 3.05) is 18.4 Å². The van der Waals surface area contributed by atoms with Crippen molar-refractivity contribution in [1.82, 2.24) is 14.9 Å². The molecule has 5 nitrogen and oxygen atoms in total. The van der Waals surface area contributed by atoms with Crippen LogP contribution in [0, 0.1) is 18.8 Å². The van der Waals surface area contributed by atoms with E-state index in [1.807, 2.05) is 37.3 Å². The van der Waals surface area contributed by atoms with Crippen molar-refractivity contribution in [2.45, 2.75) is 33.7 Å². The summed E-state index contributed by atoms with van der Waals surface area (Å²) >= 11 is 2.91. The van der Waals surface area contributed by atoms with E-state index in [4.69, 9.17) is 0 Å². The predicted molar refractivity (Wildman–Crippen MR) is 121 cm³/mol. The summed E-state index contributed by atoms with van der Waals surface area (Å²) in [5.41, 5.74) is 2.80. The molecule has 3 heterocycles. The van der Waals surface area contributed by atoms with Crippen LogP contribution in [0.1, 0.15) is 41.3 Å². The molecule has 1 aromatic carbocycles. The van der Waals surface area contributed by atoms with Gasteiger partial charge in [0.1, 0.15) is 9.88 Å². The van der Waals surface area contributed by atoms with Gasteiger partial charge in [0.25, 0.3) is 5.91 Å². The van der Waals surface area contributed by atoms with Crippen molar-refractivity contribution in [3.63, 3.8) is 0 Å². The van der Waals surface area contributed by atoms with Gasteiger partial charge in [0, 0.05) is 30.6 Å². The first-order valence-corrected chi connectivity index (χ1v) is 11.7. The van der Waals surface area contributed by atoms with Crippen LogP contribution in [0.25, 0.3) is 10.6 Å². The number of hydrogen-bond donors (Lipinski definition) is 1. The number of aryl methyl sites for hydroxylation is 1. The summed E-state index contributed by atoms with van der Waals surface area (Å²) < 4.78 is 0. The first-order valence-electron chi connectivity index (χ1n) is 9.99. The monoisotopic (exact) mass is 426 g/mol. The lowest BCUT2D eigenvalue weighted by Crippen LogP contribution is -2.38. The number of thiazole rings is 2. The molecule has 1 aliphatic heterocycles. The van der Waals surface area contributed by atoms with Crippen LogP contribution in [-0.2, 0) is 6.54 Å². The van der Waals surface area contributed by atoms with Gasteiger partial charge in [-0.05, 0) is 25.2 Å². The number of anilines is 1. The molecule has 0 bridgehead atoms. The van der Waals surface area contributed by atoms with Crippen molar-refractivity contribution in [1.29, 1.82) is 0 Å². The average molecular weight is 427 g/mol. The Morgan fingerprint density at radius 3 is 2.62 bits per heavy atom. The van der Waals surface area contributed by atoms with Crippen LogP contribution in [0.4, 0.5) is 5.13 Å². The summed E-state index contributed by atoms with van der Waals surface area (Å²) in [4.78, 5) is 25.1. The van der Waals surface area contributed by atoms with Gasteiger partial charge < -0.3 is 0 Å². The van der Waals surface area contributed by atoms with Gasteiger partial charge >= 0.3 is 0 Å². The second kappa shape index (κ2) is 8.73. The molecule has 1 saturated heterocycles. The fraction of sp³-hybridized carbons (Fsp3) is 0.409. The molecular formula is C22H26N4OS2. The van der Waals surface area contributed by atoms with E-state index in [-0.39, 0.29) is 5.91 Å². The molecule has 1 fully saturated rings. The molecule has 2 atom stereocenters. The molecule has 0 spiro atoms. The van der Waals surface area contributed by atoms with Gasteiger partial charge in [-0.25, -0.2) is 9.97 Å². The van der Waals surface area contributed by atoms with Gasteiger partial charge in [-0.1, -0.05) is 44.2 Å². The Balaban J connectivity index is 1.41. The zero-order chi connectivity index (χ0) is 20.4. The minimum atomic E-state index is -0.136. The first-order chi connectivity index (χ1) is 14.0. The van der Waals surface area contributed by atoms with Crippen LogP contribution in [0.2, 0.25) is 0 Å². The molecule has 1 aliphatic rings. The van der Waals surface area contributed by atoms with Crippen LogP contribution in [0.15, 0.2) is 35.7 Å². The molecule has 1 N–H and O–H groups in total. The van der Waals surface area contributed by atoms with E-state index in [2.05, 4.69) is 39.4 Å². The smallest absolute Gasteiger partial charge is 0.269 e. The van der Waals surface area contributed by atoms with E-state index >= 15 is 0 Å². The van der Waals surface area contributed by atoms with Gasteiger partial charge in [0.05, 0.1) is 11.4 Å². The normalized spacial score (nSPS) is 20.0. The number of rotatable bonds is 5. The quantitative estimate of drug-likeness (QED) is 0.601. The largest absolute Gasteiger partial charge is 0.297 e. The number of carbonyl (C=O) groups excluding carboxylic acids is 1. The highest BCUT2D eigenvalue weighted by molar-refractivity contribution is 7.17. The van der Waals surface area contributed by atoms with Crippen LogP contribution in [-0.4, -0.2) is 33.9 Å². The topological polar surface area (TPSA) is 58.1 Å². The number of aromatic nitrogens is 2. The molecule has 0 saturated carbocycles. The van der Waals surface area contributed by atoms with Crippen LogP contribution in [0.5, 0.6) is 0 Å². The third kappa shape index (κ3) is 4.91. The van der Waals surface area contributed by atoms with E-state index in [0.717, 1.165) is 53.4 Å². The third-order valence-corrected chi connectivity index (χ3v) is 7.14. The lowest BCUT2D eigenvalue weighted by molar-refractivity contribution is 0.102. The van der Waals surface area contributed by atoms with E-state index in [1.165, 1.54) is 29.1 Å². The van der Waals surface area contributed by atoms with E-state index in [1.54, 1.807) is 0 Å². The zero-order valence-corrected chi connectivity index (χ0v) is 18.6. The van der Waals surface area contributed by atoms with Crippen LogP contribution in [0.3, 0.4) is 0 Å². The van der Waals surface area contributed by atoms with Gasteiger partial charge in [0.15, 0.2) is 5.13 Å². The Kier molecular flexibility index (Phi) is 6.08. The lowest BCUT2D eigenvalue weighted by Gasteiger charge is -2.34. The van der Waals surface area contributed by atoms with Crippen molar-refractivity contribution < 1.29 is 4.79 Å². The van der Waals surface area contributed by atoms with Crippen LogP contribution >= 0.6 is 22.7 Å². The Morgan fingerprint density at radius 1 is 1.17 bits per heavy atom. The van der Waals surface area contributed by atoms with E-state index < -0.39 is 0 Å².